The van der Waals surface area contributed by atoms with Crippen LogP contribution in [0, 0.1) is 12.7 Å². The standard InChI is InChI=1S/C13H14FNO2/c1-9-8-10(2-3-12(9)14)13(17)15-6-4-11(16)5-7-15/h2-3,8H,4-7H2,1H3. The minimum Gasteiger partial charge on any atom is -0.338 e. The maximum Gasteiger partial charge on any atom is 0.253 e. The van der Waals surface area contributed by atoms with Gasteiger partial charge < -0.3 is 4.90 Å². The number of halogens is 1. The highest BCUT2D eigenvalue weighted by molar-refractivity contribution is 5.95. The lowest BCUT2D eigenvalue weighted by atomic mass is 10.1. The lowest BCUT2D eigenvalue weighted by Crippen LogP contribution is -2.38. The van der Waals surface area contributed by atoms with E-state index in [1.54, 1.807) is 17.9 Å². The molecule has 0 spiro atoms. The quantitative estimate of drug-likeness (QED) is 0.746. The number of Topliss-reactive ketones (excluding diaryl/α,β-unsaturated/α-hetero) is 1. The number of carbonyl (C=O) groups excluding carboxylic acids is 2. The largest absolute Gasteiger partial charge is 0.338 e. The molecule has 0 aliphatic carbocycles. The summed E-state index contributed by atoms with van der Waals surface area (Å²) in [5, 5.41) is 0. The molecule has 1 heterocycles. The maximum absolute atomic E-state index is 13.1. The molecule has 1 saturated heterocycles. The molecule has 0 saturated carbocycles. The molecule has 1 aromatic rings. The Kier molecular flexibility index (Phi) is 3.22. The number of rotatable bonds is 1. The normalized spacial score (nSPS) is 16.1. The van der Waals surface area contributed by atoms with Crippen molar-refractivity contribution in [2.45, 2.75) is 19.8 Å². The van der Waals surface area contributed by atoms with Crippen molar-refractivity contribution in [1.82, 2.24) is 4.90 Å². The number of aryl methyl sites for hydroxylation is 1. The summed E-state index contributed by atoms with van der Waals surface area (Å²) >= 11 is 0. The van der Waals surface area contributed by atoms with Crippen molar-refractivity contribution >= 4 is 11.7 Å². The van der Waals surface area contributed by atoms with E-state index in [4.69, 9.17) is 0 Å². The van der Waals surface area contributed by atoms with Crippen molar-refractivity contribution in [1.29, 1.82) is 0 Å². The van der Waals surface area contributed by atoms with Crippen LogP contribution in [0.15, 0.2) is 18.2 Å². The zero-order chi connectivity index (χ0) is 12.4. The zero-order valence-electron chi connectivity index (χ0n) is 9.70. The van der Waals surface area contributed by atoms with Crippen molar-refractivity contribution in [3.8, 4) is 0 Å². The minimum absolute atomic E-state index is 0.124. The van der Waals surface area contributed by atoms with Gasteiger partial charge in [0, 0.05) is 31.5 Å². The Labute approximate surface area is 99.2 Å². The number of carbonyl (C=O) groups is 2. The molecule has 3 nitrogen and oxygen atoms in total. The molecule has 1 aliphatic rings. The van der Waals surface area contributed by atoms with E-state index in [-0.39, 0.29) is 17.5 Å². The highest BCUT2D eigenvalue weighted by atomic mass is 19.1. The Morgan fingerprint density at radius 3 is 2.53 bits per heavy atom. The van der Waals surface area contributed by atoms with Gasteiger partial charge in [-0.3, -0.25) is 9.59 Å². The predicted molar refractivity (Wildman–Crippen MR) is 61.3 cm³/mol. The lowest BCUT2D eigenvalue weighted by Gasteiger charge is -2.26. The maximum atomic E-state index is 13.1. The summed E-state index contributed by atoms with van der Waals surface area (Å²) in [5.41, 5.74) is 0.946. The Morgan fingerprint density at radius 2 is 1.94 bits per heavy atom. The average molecular weight is 235 g/mol. The van der Waals surface area contributed by atoms with Crippen LogP contribution in [0.3, 0.4) is 0 Å². The van der Waals surface area contributed by atoms with Crippen LogP contribution in [-0.4, -0.2) is 29.7 Å². The van der Waals surface area contributed by atoms with Gasteiger partial charge in [0.15, 0.2) is 0 Å². The van der Waals surface area contributed by atoms with E-state index < -0.39 is 0 Å². The highest BCUT2D eigenvalue weighted by Crippen LogP contribution is 2.14. The molecular formula is C13H14FNO2. The van der Waals surface area contributed by atoms with Gasteiger partial charge in [-0.05, 0) is 30.7 Å². The first-order chi connectivity index (χ1) is 8.08. The van der Waals surface area contributed by atoms with Crippen LogP contribution in [-0.2, 0) is 4.79 Å². The number of hydrogen-bond donors (Lipinski definition) is 0. The monoisotopic (exact) mass is 235 g/mol. The van der Waals surface area contributed by atoms with Crippen molar-refractivity contribution in [3.05, 3.63) is 35.1 Å². The first kappa shape index (κ1) is 11.8. The van der Waals surface area contributed by atoms with Crippen LogP contribution in [0.1, 0.15) is 28.8 Å². The van der Waals surface area contributed by atoms with Crippen LogP contribution in [0.5, 0.6) is 0 Å². The van der Waals surface area contributed by atoms with Crippen LogP contribution in [0.4, 0.5) is 4.39 Å². The first-order valence-electron chi connectivity index (χ1n) is 5.65. The Morgan fingerprint density at radius 1 is 1.29 bits per heavy atom. The Bertz CT molecular complexity index is 460. The number of likely N-dealkylation sites (tertiary alicyclic amines) is 1. The third-order valence-electron chi connectivity index (χ3n) is 3.01. The van der Waals surface area contributed by atoms with E-state index in [1.165, 1.54) is 12.1 Å². The fraction of sp³-hybridized carbons (Fsp3) is 0.385. The summed E-state index contributed by atoms with van der Waals surface area (Å²) in [6, 6.07) is 4.34. The van der Waals surface area contributed by atoms with E-state index in [0.717, 1.165) is 0 Å². The number of benzene rings is 1. The van der Waals surface area contributed by atoms with Gasteiger partial charge in [-0.15, -0.1) is 0 Å². The number of hydrogen-bond acceptors (Lipinski definition) is 2. The summed E-state index contributed by atoms with van der Waals surface area (Å²) in [4.78, 5) is 24.8. The molecular weight excluding hydrogens is 221 g/mol. The second-order valence-electron chi connectivity index (χ2n) is 4.29. The molecule has 0 radical (unpaired) electrons. The number of amides is 1. The molecule has 1 fully saturated rings. The predicted octanol–water partition coefficient (Wildman–Crippen LogP) is 1.94. The molecule has 1 aliphatic heterocycles. The van der Waals surface area contributed by atoms with Crippen molar-refractivity contribution < 1.29 is 14.0 Å². The molecule has 17 heavy (non-hydrogen) atoms. The minimum atomic E-state index is -0.310. The molecule has 1 aromatic carbocycles. The second kappa shape index (κ2) is 4.65. The van der Waals surface area contributed by atoms with Gasteiger partial charge in [0.25, 0.3) is 5.91 Å². The van der Waals surface area contributed by atoms with E-state index in [9.17, 15) is 14.0 Å². The molecule has 90 valence electrons. The molecule has 2 rings (SSSR count). The van der Waals surface area contributed by atoms with Gasteiger partial charge in [-0.2, -0.15) is 0 Å². The SMILES string of the molecule is Cc1cc(C(=O)N2CCC(=O)CC2)ccc1F. The summed E-state index contributed by atoms with van der Waals surface area (Å²) in [5.74, 6) is -0.236. The third-order valence-corrected chi connectivity index (χ3v) is 3.01. The number of ketones is 1. The zero-order valence-corrected chi connectivity index (χ0v) is 9.70. The first-order valence-corrected chi connectivity index (χ1v) is 5.65. The smallest absolute Gasteiger partial charge is 0.253 e. The van der Waals surface area contributed by atoms with Gasteiger partial charge in [-0.25, -0.2) is 4.39 Å². The topological polar surface area (TPSA) is 37.4 Å². The summed E-state index contributed by atoms with van der Waals surface area (Å²) in [6.07, 6.45) is 0.845. The second-order valence-corrected chi connectivity index (χ2v) is 4.29. The molecule has 0 bridgehead atoms. The van der Waals surface area contributed by atoms with Gasteiger partial charge >= 0.3 is 0 Å². The molecule has 0 N–H and O–H groups in total. The van der Waals surface area contributed by atoms with Gasteiger partial charge in [-0.1, -0.05) is 0 Å². The number of nitrogens with zero attached hydrogens (tertiary/aromatic N) is 1. The van der Waals surface area contributed by atoms with Gasteiger partial charge in [0.05, 0.1) is 0 Å². The van der Waals surface area contributed by atoms with Crippen LogP contribution in [0.25, 0.3) is 0 Å². The fourth-order valence-electron chi connectivity index (χ4n) is 1.92. The molecule has 0 atom stereocenters. The van der Waals surface area contributed by atoms with Crippen molar-refractivity contribution in [3.63, 3.8) is 0 Å². The lowest BCUT2D eigenvalue weighted by molar-refractivity contribution is -0.120. The van der Waals surface area contributed by atoms with E-state index in [0.29, 0.717) is 37.1 Å². The molecule has 4 heteroatoms. The third kappa shape index (κ3) is 2.52. The van der Waals surface area contributed by atoms with Crippen LogP contribution >= 0.6 is 0 Å². The summed E-state index contributed by atoms with van der Waals surface area (Å²) in [7, 11) is 0. The van der Waals surface area contributed by atoms with E-state index in [2.05, 4.69) is 0 Å². The van der Waals surface area contributed by atoms with Crippen molar-refractivity contribution in [2.75, 3.05) is 13.1 Å². The molecule has 1 amide bonds. The van der Waals surface area contributed by atoms with Gasteiger partial charge in [0.2, 0.25) is 0 Å². The Hall–Kier alpha value is -1.71. The van der Waals surface area contributed by atoms with Gasteiger partial charge in [0.1, 0.15) is 11.6 Å². The fourth-order valence-corrected chi connectivity index (χ4v) is 1.92. The van der Waals surface area contributed by atoms with Crippen LogP contribution in [0.2, 0.25) is 0 Å². The van der Waals surface area contributed by atoms with Crippen LogP contribution < -0.4 is 0 Å². The number of piperidine rings is 1. The summed E-state index contributed by atoms with van der Waals surface area (Å²) < 4.78 is 13.1. The van der Waals surface area contributed by atoms with Crippen molar-refractivity contribution in [2.24, 2.45) is 0 Å². The Balaban J connectivity index is 2.14. The summed E-state index contributed by atoms with van der Waals surface area (Å²) in [6.45, 7) is 2.56. The molecule has 0 aromatic heterocycles. The van der Waals surface area contributed by atoms with E-state index >= 15 is 0 Å². The highest BCUT2D eigenvalue weighted by Gasteiger charge is 2.21. The van der Waals surface area contributed by atoms with E-state index in [1.807, 2.05) is 0 Å². The average Bonchev–Trinajstić information content (AvgIpc) is 2.33. The molecule has 0 unspecified atom stereocenters.